The molecule has 4 N–H and O–H groups in total. The number of rotatable bonds is 3. The lowest BCUT2D eigenvalue weighted by Gasteiger charge is -2.16. The Kier molecular flexibility index (Phi) is 2.07. The van der Waals surface area contributed by atoms with Crippen LogP contribution < -0.4 is 11.1 Å². The van der Waals surface area contributed by atoms with Crippen LogP contribution in [0.5, 0.6) is 0 Å². The average Bonchev–Trinajstić information content (AvgIpc) is 2.87. The van der Waals surface area contributed by atoms with Gasteiger partial charge in [-0.3, -0.25) is 0 Å². The van der Waals surface area contributed by atoms with Crippen LogP contribution in [0.25, 0.3) is 0 Å². The molecule has 4 nitrogen and oxygen atoms in total. The highest BCUT2D eigenvalue weighted by atomic mass is 16.4. The minimum atomic E-state index is -0.989. The van der Waals surface area contributed by atoms with Crippen LogP contribution in [0, 0.1) is 0 Å². The number of para-hydroxylation sites is 1. The molecule has 0 atom stereocenters. The van der Waals surface area contributed by atoms with Gasteiger partial charge in [0.2, 0.25) is 0 Å². The molecule has 0 bridgehead atoms. The standard InChI is InChI=1S/C11H14N2O2/c1-11(5-6-11)13-8-4-2-3-7(9(8)12)10(14)15/h2-4,13H,5-6,12H2,1H3,(H,14,15). The molecule has 1 aliphatic carbocycles. The first-order chi connectivity index (χ1) is 7.02. The number of anilines is 2. The molecule has 0 heterocycles. The Morgan fingerprint density at radius 1 is 1.53 bits per heavy atom. The Balaban J connectivity index is 2.31. The second-order valence-electron chi connectivity index (χ2n) is 4.26. The normalized spacial score (nSPS) is 17.1. The maximum absolute atomic E-state index is 10.8. The second-order valence-corrected chi connectivity index (χ2v) is 4.26. The molecule has 1 aromatic rings. The Morgan fingerprint density at radius 2 is 2.20 bits per heavy atom. The topological polar surface area (TPSA) is 75.3 Å². The molecule has 1 fully saturated rings. The van der Waals surface area contributed by atoms with E-state index in [0.717, 1.165) is 18.5 Å². The summed E-state index contributed by atoms with van der Waals surface area (Å²) in [6.07, 6.45) is 2.20. The van der Waals surface area contributed by atoms with E-state index in [4.69, 9.17) is 10.8 Å². The van der Waals surface area contributed by atoms with Crippen molar-refractivity contribution in [2.75, 3.05) is 11.1 Å². The molecule has 0 aliphatic heterocycles. The molecule has 0 saturated heterocycles. The number of nitrogens with two attached hydrogens (primary N) is 1. The van der Waals surface area contributed by atoms with Gasteiger partial charge in [-0.05, 0) is 31.9 Å². The molecule has 80 valence electrons. The third kappa shape index (κ3) is 1.88. The molecule has 1 aromatic carbocycles. The van der Waals surface area contributed by atoms with Crippen LogP contribution >= 0.6 is 0 Å². The summed E-state index contributed by atoms with van der Waals surface area (Å²) in [5, 5.41) is 12.2. The van der Waals surface area contributed by atoms with Crippen molar-refractivity contribution < 1.29 is 9.90 Å². The molecule has 2 rings (SSSR count). The van der Waals surface area contributed by atoms with Crippen LogP contribution in [0.3, 0.4) is 0 Å². The van der Waals surface area contributed by atoms with Crippen LogP contribution in [-0.2, 0) is 0 Å². The Morgan fingerprint density at radius 3 is 2.73 bits per heavy atom. The fraction of sp³-hybridized carbons (Fsp3) is 0.364. The van der Waals surface area contributed by atoms with Crippen LogP contribution in [0.15, 0.2) is 18.2 Å². The van der Waals surface area contributed by atoms with Gasteiger partial charge in [0.15, 0.2) is 0 Å². The molecule has 0 radical (unpaired) electrons. The molecule has 0 unspecified atom stereocenters. The van der Waals surface area contributed by atoms with E-state index in [1.165, 1.54) is 6.07 Å². The van der Waals surface area contributed by atoms with Crippen molar-refractivity contribution in [2.24, 2.45) is 0 Å². The van der Waals surface area contributed by atoms with Crippen LogP contribution in [0.2, 0.25) is 0 Å². The van der Waals surface area contributed by atoms with Crippen molar-refractivity contribution >= 4 is 17.3 Å². The van der Waals surface area contributed by atoms with Gasteiger partial charge in [-0.25, -0.2) is 4.79 Å². The van der Waals surface area contributed by atoms with E-state index in [-0.39, 0.29) is 11.1 Å². The number of carbonyl (C=O) groups is 1. The van der Waals surface area contributed by atoms with E-state index >= 15 is 0 Å². The van der Waals surface area contributed by atoms with Crippen LogP contribution in [0.1, 0.15) is 30.1 Å². The molecule has 1 saturated carbocycles. The minimum Gasteiger partial charge on any atom is -0.478 e. The summed E-state index contributed by atoms with van der Waals surface area (Å²) in [4.78, 5) is 10.8. The maximum Gasteiger partial charge on any atom is 0.337 e. The van der Waals surface area contributed by atoms with Crippen molar-refractivity contribution in [1.29, 1.82) is 0 Å². The van der Waals surface area contributed by atoms with Crippen molar-refractivity contribution in [3.63, 3.8) is 0 Å². The number of carboxylic acids is 1. The van der Waals surface area contributed by atoms with Gasteiger partial charge in [-0.15, -0.1) is 0 Å². The number of nitrogen functional groups attached to an aromatic ring is 1. The van der Waals surface area contributed by atoms with E-state index in [2.05, 4.69) is 12.2 Å². The Bertz CT molecular complexity index is 411. The first-order valence-corrected chi connectivity index (χ1v) is 4.92. The van der Waals surface area contributed by atoms with Crippen molar-refractivity contribution in [1.82, 2.24) is 0 Å². The first-order valence-electron chi connectivity index (χ1n) is 4.92. The quantitative estimate of drug-likeness (QED) is 0.660. The SMILES string of the molecule is CC1(Nc2cccc(C(=O)O)c2N)CC1. The van der Waals surface area contributed by atoms with E-state index in [1.54, 1.807) is 6.07 Å². The van der Waals surface area contributed by atoms with Gasteiger partial charge in [0.1, 0.15) is 0 Å². The summed E-state index contributed by atoms with van der Waals surface area (Å²) in [6.45, 7) is 2.10. The monoisotopic (exact) mass is 206 g/mol. The highest BCUT2D eigenvalue weighted by Gasteiger charge is 2.37. The summed E-state index contributed by atoms with van der Waals surface area (Å²) >= 11 is 0. The number of nitrogens with one attached hydrogen (secondary N) is 1. The average molecular weight is 206 g/mol. The predicted octanol–water partition coefficient (Wildman–Crippen LogP) is 1.93. The number of carboxylic acid groups (broad SMARTS) is 1. The molecular weight excluding hydrogens is 192 g/mol. The molecule has 1 aliphatic rings. The molecule has 15 heavy (non-hydrogen) atoms. The lowest BCUT2D eigenvalue weighted by atomic mass is 10.1. The Hall–Kier alpha value is -1.71. The summed E-state index contributed by atoms with van der Waals surface area (Å²) in [5.41, 5.74) is 7.07. The second kappa shape index (κ2) is 3.15. The van der Waals surface area contributed by atoms with Gasteiger partial charge in [-0.2, -0.15) is 0 Å². The van der Waals surface area contributed by atoms with E-state index in [1.807, 2.05) is 6.07 Å². The highest BCUT2D eigenvalue weighted by Crippen LogP contribution is 2.39. The van der Waals surface area contributed by atoms with Gasteiger partial charge >= 0.3 is 5.97 Å². The largest absolute Gasteiger partial charge is 0.478 e. The van der Waals surface area contributed by atoms with Gasteiger partial charge in [0, 0.05) is 5.54 Å². The number of aromatic carboxylic acids is 1. The van der Waals surface area contributed by atoms with Gasteiger partial charge in [-0.1, -0.05) is 6.07 Å². The first kappa shape index (κ1) is 9.83. The van der Waals surface area contributed by atoms with E-state index < -0.39 is 5.97 Å². The smallest absolute Gasteiger partial charge is 0.337 e. The summed E-state index contributed by atoms with van der Waals surface area (Å²) < 4.78 is 0. The lowest BCUT2D eigenvalue weighted by Crippen LogP contribution is -2.18. The summed E-state index contributed by atoms with van der Waals surface area (Å²) in [5.74, 6) is -0.989. The molecule has 0 amide bonds. The van der Waals surface area contributed by atoms with Crippen LogP contribution in [0.4, 0.5) is 11.4 Å². The lowest BCUT2D eigenvalue weighted by molar-refractivity contribution is 0.0698. The van der Waals surface area contributed by atoms with Crippen LogP contribution in [-0.4, -0.2) is 16.6 Å². The number of benzene rings is 1. The fourth-order valence-electron chi connectivity index (χ4n) is 1.50. The zero-order chi connectivity index (χ0) is 11.1. The van der Waals surface area contributed by atoms with Crippen molar-refractivity contribution in [3.8, 4) is 0 Å². The fourth-order valence-corrected chi connectivity index (χ4v) is 1.50. The van der Waals surface area contributed by atoms with Crippen molar-refractivity contribution in [3.05, 3.63) is 23.8 Å². The van der Waals surface area contributed by atoms with E-state index in [0.29, 0.717) is 5.69 Å². The predicted molar refractivity (Wildman–Crippen MR) is 59.1 cm³/mol. The number of hydrogen-bond acceptors (Lipinski definition) is 3. The van der Waals surface area contributed by atoms with Crippen molar-refractivity contribution in [2.45, 2.75) is 25.3 Å². The van der Waals surface area contributed by atoms with Gasteiger partial charge in [0.25, 0.3) is 0 Å². The molecule has 0 aromatic heterocycles. The Labute approximate surface area is 88.1 Å². The zero-order valence-electron chi connectivity index (χ0n) is 8.58. The van der Waals surface area contributed by atoms with E-state index in [9.17, 15) is 4.79 Å². The molecule has 0 spiro atoms. The van der Waals surface area contributed by atoms with Gasteiger partial charge < -0.3 is 16.2 Å². The minimum absolute atomic E-state index is 0.102. The molecule has 4 heteroatoms. The summed E-state index contributed by atoms with van der Waals surface area (Å²) in [7, 11) is 0. The summed E-state index contributed by atoms with van der Waals surface area (Å²) in [6, 6.07) is 5.03. The third-order valence-electron chi connectivity index (χ3n) is 2.77. The molecular formula is C11H14N2O2. The number of hydrogen-bond donors (Lipinski definition) is 3. The van der Waals surface area contributed by atoms with Gasteiger partial charge in [0.05, 0.1) is 16.9 Å². The third-order valence-corrected chi connectivity index (χ3v) is 2.77. The maximum atomic E-state index is 10.8. The zero-order valence-corrected chi connectivity index (χ0v) is 8.58. The highest BCUT2D eigenvalue weighted by molar-refractivity contribution is 5.97.